The Kier molecular flexibility index (Phi) is 3.62. The molecule has 2 aromatic heterocycles. The van der Waals surface area contributed by atoms with Crippen molar-refractivity contribution < 1.29 is 4.79 Å². The molecule has 3 rings (SSSR count). The molecule has 2 N–H and O–H groups in total. The van der Waals surface area contributed by atoms with Gasteiger partial charge < -0.3 is 10.2 Å². The fourth-order valence-corrected chi connectivity index (χ4v) is 3.08. The number of amides is 1. The van der Waals surface area contributed by atoms with Crippen molar-refractivity contribution in [3.05, 3.63) is 27.2 Å². The third-order valence-electron chi connectivity index (χ3n) is 3.27. The maximum Gasteiger partial charge on any atom is 0.242 e. The zero-order valence-electron chi connectivity index (χ0n) is 10.9. The monoisotopic (exact) mass is 311 g/mol. The molecule has 0 spiro atoms. The number of H-pyrrole nitrogens is 1. The van der Waals surface area contributed by atoms with Crippen LogP contribution >= 0.6 is 22.9 Å². The molecule has 1 amide bonds. The van der Waals surface area contributed by atoms with Crippen LogP contribution < -0.4 is 5.32 Å². The van der Waals surface area contributed by atoms with Crippen LogP contribution in [0.2, 0.25) is 4.34 Å². The molecule has 20 heavy (non-hydrogen) atoms. The van der Waals surface area contributed by atoms with Crippen LogP contribution in [0.1, 0.15) is 23.5 Å². The van der Waals surface area contributed by atoms with Crippen molar-refractivity contribution in [3.8, 4) is 0 Å². The maximum atomic E-state index is 11.1. The van der Waals surface area contributed by atoms with Gasteiger partial charge >= 0.3 is 0 Å². The fraction of sp³-hybridized carbons (Fsp3) is 0.417. The summed E-state index contributed by atoms with van der Waals surface area (Å²) in [5.74, 6) is 1.77. The lowest BCUT2D eigenvalue weighted by Gasteiger charge is -2.37. The van der Waals surface area contributed by atoms with Crippen molar-refractivity contribution in [2.45, 2.75) is 19.4 Å². The Labute approximate surface area is 125 Å². The van der Waals surface area contributed by atoms with Gasteiger partial charge in [-0.25, -0.2) is 0 Å². The lowest BCUT2D eigenvalue weighted by atomic mass is 10.00. The zero-order chi connectivity index (χ0) is 14.1. The van der Waals surface area contributed by atoms with Crippen molar-refractivity contribution in [1.82, 2.24) is 20.1 Å². The topological polar surface area (TPSA) is 73.9 Å². The van der Waals surface area contributed by atoms with Gasteiger partial charge in [-0.15, -0.1) is 16.4 Å². The minimum absolute atomic E-state index is 0.105. The molecular weight excluding hydrogens is 298 g/mol. The number of hydrogen-bond acceptors (Lipinski definition) is 5. The first-order chi connectivity index (χ1) is 9.61. The summed E-state index contributed by atoms with van der Waals surface area (Å²) in [5.41, 5.74) is 0. The number of likely N-dealkylation sites (tertiary alicyclic amines) is 1. The smallest absolute Gasteiger partial charge is 0.242 e. The van der Waals surface area contributed by atoms with Crippen LogP contribution in [-0.4, -0.2) is 39.1 Å². The van der Waals surface area contributed by atoms with E-state index in [1.165, 1.54) is 11.3 Å². The SMILES string of the molecule is CC(=O)N1CC(c2nc(NCc3ccc(Cl)s3)n[nH]2)C1. The number of hydrogen-bond donors (Lipinski definition) is 2. The molecule has 1 saturated heterocycles. The van der Waals surface area contributed by atoms with Gasteiger partial charge in [0.25, 0.3) is 0 Å². The Hall–Kier alpha value is -1.60. The second-order valence-electron chi connectivity index (χ2n) is 4.72. The van der Waals surface area contributed by atoms with E-state index in [9.17, 15) is 4.79 Å². The number of thiophene rings is 1. The lowest BCUT2D eigenvalue weighted by Crippen LogP contribution is -2.47. The molecule has 0 radical (unpaired) electrons. The number of aromatic nitrogens is 3. The van der Waals surface area contributed by atoms with Crippen LogP contribution in [0.15, 0.2) is 12.1 Å². The van der Waals surface area contributed by atoms with Gasteiger partial charge in [0.1, 0.15) is 5.82 Å². The lowest BCUT2D eigenvalue weighted by molar-refractivity contribution is -0.133. The van der Waals surface area contributed by atoms with E-state index in [1.807, 2.05) is 12.1 Å². The van der Waals surface area contributed by atoms with Crippen molar-refractivity contribution >= 4 is 34.8 Å². The largest absolute Gasteiger partial charge is 0.348 e. The molecule has 1 fully saturated rings. The highest BCUT2D eigenvalue weighted by Gasteiger charge is 2.32. The summed E-state index contributed by atoms with van der Waals surface area (Å²) >= 11 is 7.41. The van der Waals surface area contributed by atoms with Gasteiger partial charge in [-0.2, -0.15) is 4.98 Å². The number of nitrogens with zero attached hydrogens (tertiary/aromatic N) is 3. The molecule has 3 heterocycles. The van der Waals surface area contributed by atoms with Crippen LogP contribution in [-0.2, 0) is 11.3 Å². The van der Waals surface area contributed by atoms with Gasteiger partial charge in [-0.05, 0) is 12.1 Å². The third kappa shape index (κ3) is 2.78. The zero-order valence-corrected chi connectivity index (χ0v) is 12.5. The molecule has 106 valence electrons. The normalized spacial score (nSPS) is 15.2. The van der Waals surface area contributed by atoms with E-state index >= 15 is 0 Å². The fourth-order valence-electron chi connectivity index (χ4n) is 2.06. The van der Waals surface area contributed by atoms with E-state index in [-0.39, 0.29) is 11.8 Å². The Morgan fingerprint density at radius 3 is 3.05 bits per heavy atom. The first kappa shape index (κ1) is 13.4. The van der Waals surface area contributed by atoms with Gasteiger partial charge in [0.2, 0.25) is 11.9 Å². The molecule has 0 atom stereocenters. The van der Waals surface area contributed by atoms with Crippen LogP contribution in [0.25, 0.3) is 0 Å². The summed E-state index contributed by atoms with van der Waals surface area (Å²) in [7, 11) is 0. The Morgan fingerprint density at radius 1 is 1.60 bits per heavy atom. The van der Waals surface area contributed by atoms with Gasteiger partial charge in [0, 0.05) is 24.9 Å². The van der Waals surface area contributed by atoms with Gasteiger partial charge in [-0.1, -0.05) is 11.6 Å². The second-order valence-corrected chi connectivity index (χ2v) is 6.52. The summed E-state index contributed by atoms with van der Waals surface area (Å²) in [6.07, 6.45) is 0. The second kappa shape index (κ2) is 5.41. The molecule has 0 saturated carbocycles. The van der Waals surface area contributed by atoms with Gasteiger partial charge in [0.05, 0.1) is 16.8 Å². The van der Waals surface area contributed by atoms with E-state index in [0.29, 0.717) is 25.6 Å². The highest BCUT2D eigenvalue weighted by atomic mass is 35.5. The predicted molar refractivity (Wildman–Crippen MR) is 78.0 cm³/mol. The standard InChI is InChI=1S/C12H14ClN5OS/c1-7(19)18-5-8(6-18)11-15-12(17-16-11)14-4-9-2-3-10(13)20-9/h2-3,8H,4-6H2,1H3,(H2,14,15,16,17). The van der Waals surface area contributed by atoms with Crippen molar-refractivity contribution in [3.63, 3.8) is 0 Å². The van der Waals surface area contributed by atoms with Crippen LogP contribution in [0.4, 0.5) is 5.95 Å². The number of halogens is 1. The number of aromatic amines is 1. The van der Waals surface area contributed by atoms with E-state index in [4.69, 9.17) is 11.6 Å². The highest BCUT2D eigenvalue weighted by Crippen LogP contribution is 2.25. The minimum atomic E-state index is 0.105. The molecule has 0 aliphatic carbocycles. The van der Waals surface area contributed by atoms with E-state index in [2.05, 4.69) is 20.5 Å². The Morgan fingerprint density at radius 2 is 2.40 bits per heavy atom. The summed E-state index contributed by atoms with van der Waals surface area (Å²) in [6, 6.07) is 3.85. The number of nitrogens with one attached hydrogen (secondary N) is 2. The van der Waals surface area contributed by atoms with E-state index in [0.717, 1.165) is 15.0 Å². The summed E-state index contributed by atoms with van der Waals surface area (Å²) in [4.78, 5) is 18.4. The average molecular weight is 312 g/mol. The number of carbonyl (C=O) groups excluding carboxylic acids is 1. The summed E-state index contributed by atoms with van der Waals surface area (Å²) in [6.45, 7) is 3.66. The minimum Gasteiger partial charge on any atom is -0.348 e. The van der Waals surface area contributed by atoms with Crippen LogP contribution in [0, 0.1) is 0 Å². The number of rotatable bonds is 4. The Bertz CT molecular complexity index is 619. The maximum absolute atomic E-state index is 11.1. The molecule has 0 bridgehead atoms. The highest BCUT2D eigenvalue weighted by molar-refractivity contribution is 7.16. The van der Waals surface area contributed by atoms with Crippen molar-refractivity contribution in [2.75, 3.05) is 18.4 Å². The predicted octanol–water partition coefficient (Wildman–Crippen LogP) is 2.08. The quantitative estimate of drug-likeness (QED) is 0.906. The van der Waals surface area contributed by atoms with Crippen molar-refractivity contribution in [2.24, 2.45) is 0 Å². The molecule has 8 heteroatoms. The molecule has 6 nitrogen and oxygen atoms in total. The molecule has 0 aromatic carbocycles. The first-order valence-electron chi connectivity index (χ1n) is 6.27. The average Bonchev–Trinajstić information content (AvgIpc) is 2.93. The molecular formula is C12H14ClN5OS. The first-order valence-corrected chi connectivity index (χ1v) is 7.47. The molecule has 1 aliphatic heterocycles. The van der Waals surface area contributed by atoms with E-state index < -0.39 is 0 Å². The summed E-state index contributed by atoms with van der Waals surface area (Å²) in [5, 5.41) is 10.2. The molecule has 1 aliphatic rings. The molecule has 0 unspecified atom stereocenters. The van der Waals surface area contributed by atoms with Gasteiger partial charge in [-0.3, -0.25) is 9.89 Å². The third-order valence-corrected chi connectivity index (χ3v) is 4.50. The van der Waals surface area contributed by atoms with E-state index in [1.54, 1.807) is 11.8 Å². The number of anilines is 1. The number of carbonyl (C=O) groups is 1. The Balaban J connectivity index is 1.54. The van der Waals surface area contributed by atoms with Crippen molar-refractivity contribution in [1.29, 1.82) is 0 Å². The van der Waals surface area contributed by atoms with Gasteiger partial charge in [0.15, 0.2) is 0 Å². The summed E-state index contributed by atoms with van der Waals surface area (Å²) < 4.78 is 0.774. The molecule has 2 aromatic rings. The van der Waals surface area contributed by atoms with Crippen LogP contribution in [0.3, 0.4) is 0 Å². The van der Waals surface area contributed by atoms with Crippen LogP contribution in [0.5, 0.6) is 0 Å².